The maximum absolute atomic E-state index is 12.7. The number of hydrogen-bond donors (Lipinski definition) is 2. The number of sulfonamides is 1. The van der Waals surface area contributed by atoms with Crippen LogP contribution in [0.3, 0.4) is 0 Å². The van der Waals surface area contributed by atoms with Gasteiger partial charge < -0.3 is 15.2 Å². The quantitative estimate of drug-likeness (QED) is 0.821. The highest BCUT2D eigenvalue weighted by molar-refractivity contribution is 7.89. The van der Waals surface area contributed by atoms with Crippen LogP contribution < -0.4 is 15.2 Å². The minimum Gasteiger partial charge on any atom is -0.495 e. The predicted octanol–water partition coefficient (Wildman–Crippen LogP) is 1.43. The Morgan fingerprint density at radius 2 is 1.95 bits per heavy atom. The summed E-state index contributed by atoms with van der Waals surface area (Å²) in [7, 11) is -2.27. The number of rotatable bonds is 4. The Bertz CT molecular complexity index is 622. The Morgan fingerprint density at radius 3 is 2.52 bits per heavy atom. The van der Waals surface area contributed by atoms with E-state index in [-0.39, 0.29) is 4.90 Å². The first kappa shape index (κ1) is 16.1. The van der Waals surface area contributed by atoms with Crippen LogP contribution >= 0.6 is 0 Å². The van der Waals surface area contributed by atoms with Crippen molar-refractivity contribution in [2.24, 2.45) is 0 Å². The molecular formula is C14H22N2O4S. The highest BCUT2D eigenvalue weighted by Crippen LogP contribution is 2.31. The molecule has 1 aromatic carbocycles. The SMILES string of the molecule is COc1cc(C)c(N)cc1S(=O)(=O)NC1(C)CCOCC1. The third-order valence-corrected chi connectivity index (χ3v) is 5.48. The number of aryl methyl sites for hydroxylation is 1. The first-order chi connectivity index (χ1) is 9.77. The molecule has 21 heavy (non-hydrogen) atoms. The molecule has 3 N–H and O–H groups in total. The van der Waals surface area contributed by atoms with Crippen LogP contribution in [0.15, 0.2) is 17.0 Å². The van der Waals surface area contributed by atoms with Gasteiger partial charge in [-0.15, -0.1) is 0 Å². The van der Waals surface area contributed by atoms with E-state index in [1.165, 1.54) is 13.2 Å². The van der Waals surface area contributed by atoms with Crippen LogP contribution in [0, 0.1) is 6.92 Å². The summed E-state index contributed by atoms with van der Waals surface area (Å²) in [5.74, 6) is 0.296. The van der Waals surface area contributed by atoms with Crippen LogP contribution in [0.2, 0.25) is 0 Å². The molecule has 1 aliphatic heterocycles. The second kappa shape index (κ2) is 5.82. The molecule has 0 atom stereocenters. The van der Waals surface area contributed by atoms with Crippen molar-refractivity contribution in [2.75, 3.05) is 26.1 Å². The van der Waals surface area contributed by atoms with Crippen LogP contribution in [-0.2, 0) is 14.8 Å². The van der Waals surface area contributed by atoms with Gasteiger partial charge in [0.1, 0.15) is 10.6 Å². The monoisotopic (exact) mass is 314 g/mol. The van der Waals surface area contributed by atoms with Gasteiger partial charge in [-0.2, -0.15) is 0 Å². The number of methoxy groups -OCH3 is 1. The number of hydrogen-bond acceptors (Lipinski definition) is 5. The summed E-state index contributed by atoms with van der Waals surface area (Å²) in [5.41, 5.74) is 6.53. The van der Waals surface area contributed by atoms with E-state index in [1.807, 2.05) is 13.8 Å². The second-order valence-corrected chi connectivity index (χ2v) is 7.29. The third kappa shape index (κ3) is 3.48. The molecule has 0 aromatic heterocycles. The molecule has 1 aromatic rings. The average molecular weight is 314 g/mol. The second-order valence-electron chi connectivity index (χ2n) is 5.64. The third-order valence-electron chi connectivity index (χ3n) is 3.82. The molecule has 0 radical (unpaired) electrons. The molecule has 118 valence electrons. The fraction of sp³-hybridized carbons (Fsp3) is 0.571. The fourth-order valence-corrected chi connectivity index (χ4v) is 4.00. The van der Waals surface area contributed by atoms with Crippen molar-refractivity contribution >= 4 is 15.7 Å². The van der Waals surface area contributed by atoms with Gasteiger partial charge in [0.2, 0.25) is 10.0 Å². The molecule has 1 heterocycles. The first-order valence-corrected chi connectivity index (χ1v) is 8.31. The topological polar surface area (TPSA) is 90.7 Å². The molecule has 0 aliphatic carbocycles. The largest absolute Gasteiger partial charge is 0.495 e. The van der Waals surface area contributed by atoms with Gasteiger partial charge in [-0.05, 0) is 44.4 Å². The number of ether oxygens (including phenoxy) is 2. The number of nitrogen functional groups attached to an aromatic ring is 1. The van der Waals surface area contributed by atoms with Crippen molar-refractivity contribution in [2.45, 2.75) is 37.1 Å². The molecule has 6 nitrogen and oxygen atoms in total. The summed E-state index contributed by atoms with van der Waals surface area (Å²) in [6.07, 6.45) is 1.27. The van der Waals surface area contributed by atoms with E-state index < -0.39 is 15.6 Å². The predicted molar refractivity (Wildman–Crippen MR) is 80.9 cm³/mol. The van der Waals surface area contributed by atoms with Gasteiger partial charge in [-0.3, -0.25) is 0 Å². The number of nitrogens with one attached hydrogen (secondary N) is 1. The molecule has 7 heteroatoms. The van der Waals surface area contributed by atoms with Crippen molar-refractivity contribution in [1.82, 2.24) is 4.72 Å². The molecule has 0 unspecified atom stereocenters. The molecule has 2 rings (SSSR count). The van der Waals surface area contributed by atoms with E-state index in [9.17, 15) is 8.42 Å². The van der Waals surface area contributed by atoms with E-state index in [0.717, 1.165) is 5.56 Å². The standard InChI is InChI=1S/C14H22N2O4S/c1-10-8-12(19-3)13(9-11(10)15)21(17,18)16-14(2)4-6-20-7-5-14/h8-9,16H,4-7,15H2,1-3H3. The Labute approximate surface area is 125 Å². The van der Waals surface area contributed by atoms with Crippen molar-refractivity contribution in [3.05, 3.63) is 17.7 Å². The van der Waals surface area contributed by atoms with Gasteiger partial charge >= 0.3 is 0 Å². The molecular weight excluding hydrogens is 292 g/mol. The van der Waals surface area contributed by atoms with Gasteiger partial charge in [0, 0.05) is 24.4 Å². The molecule has 1 aliphatic rings. The molecule has 1 saturated heterocycles. The van der Waals surface area contributed by atoms with E-state index in [2.05, 4.69) is 4.72 Å². The Morgan fingerprint density at radius 1 is 1.33 bits per heavy atom. The van der Waals surface area contributed by atoms with Crippen molar-refractivity contribution < 1.29 is 17.9 Å². The molecule has 0 bridgehead atoms. The fourth-order valence-electron chi connectivity index (χ4n) is 2.35. The number of nitrogens with two attached hydrogens (primary N) is 1. The molecule has 1 fully saturated rings. The minimum atomic E-state index is -3.71. The highest BCUT2D eigenvalue weighted by atomic mass is 32.2. The average Bonchev–Trinajstić information content (AvgIpc) is 2.40. The van der Waals surface area contributed by atoms with E-state index in [4.69, 9.17) is 15.2 Å². The van der Waals surface area contributed by atoms with E-state index in [0.29, 0.717) is 37.5 Å². The zero-order valence-electron chi connectivity index (χ0n) is 12.6. The lowest BCUT2D eigenvalue weighted by molar-refractivity contribution is 0.0537. The first-order valence-electron chi connectivity index (χ1n) is 6.83. The zero-order chi connectivity index (χ0) is 15.7. The Hall–Kier alpha value is -1.31. The summed E-state index contributed by atoms with van der Waals surface area (Å²) in [6, 6.07) is 3.08. The Balaban J connectivity index is 2.37. The number of benzene rings is 1. The van der Waals surface area contributed by atoms with Crippen LogP contribution in [0.25, 0.3) is 0 Å². The van der Waals surface area contributed by atoms with Crippen molar-refractivity contribution in [3.63, 3.8) is 0 Å². The molecule has 0 spiro atoms. The van der Waals surface area contributed by atoms with Crippen LogP contribution in [0.1, 0.15) is 25.3 Å². The summed E-state index contributed by atoms with van der Waals surface area (Å²) < 4.78 is 38.6. The van der Waals surface area contributed by atoms with Gasteiger partial charge in [0.25, 0.3) is 0 Å². The zero-order valence-corrected chi connectivity index (χ0v) is 13.4. The van der Waals surface area contributed by atoms with E-state index >= 15 is 0 Å². The molecule has 0 saturated carbocycles. The lowest BCUT2D eigenvalue weighted by Crippen LogP contribution is -2.49. The lowest BCUT2D eigenvalue weighted by atomic mass is 9.94. The van der Waals surface area contributed by atoms with Crippen LogP contribution in [-0.4, -0.2) is 34.3 Å². The maximum Gasteiger partial charge on any atom is 0.244 e. The maximum atomic E-state index is 12.7. The minimum absolute atomic E-state index is 0.0702. The lowest BCUT2D eigenvalue weighted by Gasteiger charge is -2.34. The van der Waals surface area contributed by atoms with E-state index in [1.54, 1.807) is 6.07 Å². The van der Waals surface area contributed by atoms with Crippen LogP contribution in [0.5, 0.6) is 5.75 Å². The van der Waals surface area contributed by atoms with Gasteiger partial charge in [0.15, 0.2) is 0 Å². The highest BCUT2D eigenvalue weighted by Gasteiger charge is 2.34. The van der Waals surface area contributed by atoms with Gasteiger partial charge in [-0.25, -0.2) is 13.1 Å². The van der Waals surface area contributed by atoms with Crippen molar-refractivity contribution in [3.8, 4) is 5.75 Å². The van der Waals surface area contributed by atoms with Gasteiger partial charge in [0.05, 0.1) is 7.11 Å². The Kier molecular flexibility index (Phi) is 4.46. The summed E-state index contributed by atoms with van der Waals surface area (Å²) in [4.78, 5) is 0.0702. The summed E-state index contributed by atoms with van der Waals surface area (Å²) in [5, 5.41) is 0. The molecule has 0 amide bonds. The van der Waals surface area contributed by atoms with Crippen molar-refractivity contribution in [1.29, 1.82) is 0 Å². The van der Waals surface area contributed by atoms with Crippen LogP contribution in [0.4, 0.5) is 5.69 Å². The smallest absolute Gasteiger partial charge is 0.244 e. The number of anilines is 1. The normalized spacial score (nSPS) is 18.4. The summed E-state index contributed by atoms with van der Waals surface area (Å²) in [6.45, 7) is 4.79. The van der Waals surface area contributed by atoms with Gasteiger partial charge in [-0.1, -0.05) is 0 Å². The summed E-state index contributed by atoms with van der Waals surface area (Å²) >= 11 is 0.